The van der Waals surface area contributed by atoms with E-state index in [2.05, 4.69) is 10.0 Å². The number of nitrogens with one attached hydrogen (secondary N) is 2. The summed E-state index contributed by atoms with van der Waals surface area (Å²) < 4.78 is 29.5. The highest BCUT2D eigenvalue weighted by molar-refractivity contribution is 7.92. The molecule has 8 heteroatoms. The van der Waals surface area contributed by atoms with Crippen molar-refractivity contribution >= 4 is 21.6 Å². The molecule has 3 N–H and O–H groups in total. The molecule has 1 saturated heterocycles. The number of hydrogen-bond acceptors (Lipinski definition) is 5. The van der Waals surface area contributed by atoms with Gasteiger partial charge in [-0.3, -0.25) is 9.52 Å². The van der Waals surface area contributed by atoms with Gasteiger partial charge in [-0.25, -0.2) is 8.42 Å². The fourth-order valence-electron chi connectivity index (χ4n) is 1.93. The number of ether oxygens (including phenoxy) is 1. The molecule has 1 aromatic rings. The van der Waals surface area contributed by atoms with Crippen LogP contribution in [0, 0.1) is 0 Å². The maximum Gasteiger partial charge on any atom is 0.246 e. The monoisotopic (exact) mass is 300 g/mol. The van der Waals surface area contributed by atoms with E-state index in [4.69, 9.17) is 4.74 Å². The summed E-state index contributed by atoms with van der Waals surface area (Å²) in [6, 6.07) is 5.78. The van der Waals surface area contributed by atoms with E-state index in [-0.39, 0.29) is 19.1 Å². The number of morpholine rings is 1. The molecule has 7 nitrogen and oxygen atoms in total. The van der Waals surface area contributed by atoms with E-state index in [0.29, 0.717) is 11.3 Å². The van der Waals surface area contributed by atoms with Gasteiger partial charge in [0.25, 0.3) is 0 Å². The molecule has 1 fully saturated rings. The molecule has 2 unspecified atom stereocenters. The van der Waals surface area contributed by atoms with Crippen LogP contribution in [0.1, 0.15) is 11.7 Å². The number of rotatable bonds is 4. The molecular weight excluding hydrogens is 284 g/mol. The van der Waals surface area contributed by atoms with Crippen LogP contribution in [-0.2, 0) is 19.6 Å². The van der Waals surface area contributed by atoms with Crippen LogP contribution in [0.3, 0.4) is 0 Å². The van der Waals surface area contributed by atoms with E-state index in [0.717, 1.165) is 6.26 Å². The van der Waals surface area contributed by atoms with Crippen molar-refractivity contribution < 1.29 is 23.1 Å². The topological polar surface area (TPSA) is 105 Å². The van der Waals surface area contributed by atoms with Gasteiger partial charge in [-0.15, -0.1) is 0 Å². The third-order valence-corrected chi connectivity index (χ3v) is 3.42. The summed E-state index contributed by atoms with van der Waals surface area (Å²) >= 11 is 0. The van der Waals surface area contributed by atoms with Gasteiger partial charge in [-0.1, -0.05) is 12.1 Å². The number of aliphatic hydroxyl groups excluding tert-OH is 1. The van der Waals surface area contributed by atoms with Crippen molar-refractivity contribution in [2.45, 2.75) is 12.1 Å². The van der Waals surface area contributed by atoms with Crippen LogP contribution in [0.25, 0.3) is 0 Å². The van der Waals surface area contributed by atoms with Crippen molar-refractivity contribution in [1.82, 2.24) is 5.32 Å². The first-order valence-electron chi connectivity index (χ1n) is 5.98. The highest BCUT2D eigenvalue weighted by Crippen LogP contribution is 2.21. The zero-order valence-electron chi connectivity index (χ0n) is 10.9. The Kier molecular flexibility index (Phi) is 4.26. The lowest BCUT2D eigenvalue weighted by Crippen LogP contribution is -2.48. The van der Waals surface area contributed by atoms with E-state index in [1.54, 1.807) is 24.3 Å². The molecule has 0 bridgehead atoms. The Balaban J connectivity index is 2.07. The summed E-state index contributed by atoms with van der Waals surface area (Å²) in [5.74, 6) is -0.268. The second-order valence-corrected chi connectivity index (χ2v) is 6.38. The summed E-state index contributed by atoms with van der Waals surface area (Å²) in [7, 11) is -3.33. The fourth-order valence-corrected chi connectivity index (χ4v) is 2.50. The Morgan fingerprint density at radius 1 is 1.40 bits per heavy atom. The van der Waals surface area contributed by atoms with Crippen molar-refractivity contribution in [1.29, 1.82) is 0 Å². The Labute approximate surface area is 117 Å². The van der Waals surface area contributed by atoms with Crippen molar-refractivity contribution in [3.05, 3.63) is 29.8 Å². The largest absolute Gasteiger partial charge is 0.386 e. The number of anilines is 1. The molecule has 1 aliphatic rings. The minimum absolute atomic E-state index is 0.000434. The smallest absolute Gasteiger partial charge is 0.246 e. The first kappa shape index (κ1) is 14.8. The number of hydrogen-bond donors (Lipinski definition) is 3. The molecule has 1 amide bonds. The van der Waals surface area contributed by atoms with Gasteiger partial charge in [-0.2, -0.15) is 0 Å². The quantitative estimate of drug-likeness (QED) is 0.702. The van der Waals surface area contributed by atoms with Gasteiger partial charge in [0, 0.05) is 5.69 Å². The van der Waals surface area contributed by atoms with Crippen LogP contribution in [0.4, 0.5) is 5.69 Å². The molecule has 1 aliphatic heterocycles. The van der Waals surface area contributed by atoms with Crippen LogP contribution in [0.5, 0.6) is 0 Å². The van der Waals surface area contributed by atoms with Crippen molar-refractivity contribution in [2.24, 2.45) is 0 Å². The van der Waals surface area contributed by atoms with E-state index in [9.17, 15) is 18.3 Å². The molecule has 0 aromatic heterocycles. The fraction of sp³-hybridized carbons (Fsp3) is 0.417. The summed E-state index contributed by atoms with van der Waals surface area (Å²) in [5.41, 5.74) is 0.979. The molecule has 110 valence electrons. The minimum atomic E-state index is -3.33. The second kappa shape index (κ2) is 5.78. The normalized spacial score (nSPS) is 21.1. The lowest BCUT2D eigenvalue weighted by atomic mass is 10.0. The first-order valence-corrected chi connectivity index (χ1v) is 7.87. The Morgan fingerprint density at radius 3 is 2.60 bits per heavy atom. The van der Waals surface area contributed by atoms with E-state index >= 15 is 0 Å². The van der Waals surface area contributed by atoms with Gasteiger partial charge < -0.3 is 15.2 Å². The van der Waals surface area contributed by atoms with Gasteiger partial charge in [0.1, 0.15) is 12.7 Å². The molecule has 2 rings (SSSR count). The molecule has 0 saturated carbocycles. The number of carbonyl (C=O) groups is 1. The van der Waals surface area contributed by atoms with Crippen LogP contribution in [0.15, 0.2) is 24.3 Å². The molecule has 0 spiro atoms. The van der Waals surface area contributed by atoms with Gasteiger partial charge in [0.05, 0.1) is 18.9 Å². The average Bonchev–Trinajstić information content (AvgIpc) is 2.37. The number of benzene rings is 1. The van der Waals surface area contributed by atoms with Gasteiger partial charge in [-0.05, 0) is 17.7 Å². The number of amides is 1. The van der Waals surface area contributed by atoms with E-state index < -0.39 is 22.2 Å². The number of carbonyl (C=O) groups excluding carboxylic acids is 1. The SMILES string of the molecule is CS(=O)(=O)Nc1ccc(C(O)C2COCC(=O)N2)cc1. The summed E-state index contributed by atoms with van der Waals surface area (Å²) in [5, 5.41) is 12.8. The summed E-state index contributed by atoms with van der Waals surface area (Å²) in [6.45, 7) is 0.233. The van der Waals surface area contributed by atoms with Gasteiger partial charge >= 0.3 is 0 Å². The highest BCUT2D eigenvalue weighted by Gasteiger charge is 2.26. The zero-order chi connectivity index (χ0) is 14.8. The molecule has 2 atom stereocenters. The Morgan fingerprint density at radius 2 is 2.05 bits per heavy atom. The number of sulfonamides is 1. The second-order valence-electron chi connectivity index (χ2n) is 4.63. The van der Waals surface area contributed by atoms with Crippen molar-refractivity contribution in [3.63, 3.8) is 0 Å². The highest BCUT2D eigenvalue weighted by atomic mass is 32.2. The van der Waals surface area contributed by atoms with Crippen LogP contribution in [0.2, 0.25) is 0 Å². The van der Waals surface area contributed by atoms with Crippen LogP contribution in [-0.4, -0.2) is 44.9 Å². The van der Waals surface area contributed by atoms with Crippen molar-refractivity contribution in [3.8, 4) is 0 Å². The zero-order valence-corrected chi connectivity index (χ0v) is 11.7. The predicted molar refractivity (Wildman–Crippen MR) is 72.6 cm³/mol. The van der Waals surface area contributed by atoms with E-state index in [1.165, 1.54) is 0 Å². The standard InChI is InChI=1S/C12H16N2O5S/c1-20(17,18)14-9-4-2-8(3-5-9)12(16)10-6-19-7-11(15)13-10/h2-5,10,12,14,16H,6-7H2,1H3,(H,13,15). The maximum absolute atomic E-state index is 11.2. The Bertz CT molecular complexity index is 584. The maximum atomic E-state index is 11.2. The Hall–Kier alpha value is -1.64. The molecular formula is C12H16N2O5S. The lowest BCUT2D eigenvalue weighted by molar-refractivity contribution is -0.133. The molecule has 1 aromatic carbocycles. The predicted octanol–water partition coefficient (Wildman–Crippen LogP) is -0.393. The summed E-state index contributed by atoms with van der Waals surface area (Å²) in [6.07, 6.45) is 0.150. The minimum Gasteiger partial charge on any atom is -0.386 e. The lowest BCUT2D eigenvalue weighted by Gasteiger charge is -2.28. The third kappa shape index (κ3) is 3.92. The number of aliphatic hydroxyl groups is 1. The first-order chi connectivity index (χ1) is 9.35. The van der Waals surface area contributed by atoms with Gasteiger partial charge in [0.15, 0.2) is 0 Å². The molecule has 0 radical (unpaired) electrons. The molecule has 1 heterocycles. The average molecular weight is 300 g/mol. The van der Waals surface area contributed by atoms with E-state index in [1.807, 2.05) is 0 Å². The van der Waals surface area contributed by atoms with Gasteiger partial charge in [0.2, 0.25) is 15.9 Å². The molecule has 0 aliphatic carbocycles. The third-order valence-electron chi connectivity index (χ3n) is 2.81. The van der Waals surface area contributed by atoms with Crippen LogP contribution < -0.4 is 10.0 Å². The van der Waals surface area contributed by atoms with Crippen LogP contribution >= 0.6 is 0 Å². The molecule has 20 heavy (non-hydrogen) atoms. The van der Waals surface area contributed by atoms with Crippen molar-refractivity contribution in [2.75, 3.05) is 24.2 Å². The summed E-state index contributed by atoms with van der Waals surface area (Å²) in [4.78, 5) is 11.2.